The first-order valence-electron chi connectivity index (χ1n) is 7.37. The van der Waals surface area contributed by atoms with Crippen molar-refractivity contribution in [3.05, 3.63) is 0 Å². The third-order valence-electron chi connectivity index (χ3n) is 4.71. The van der Waals surface area contributed by atoms with Gasteiger partial charge in [0.05, 0.1) is 0 Å². The lowest BCUT2D eigenvalue weighted by atomic mass is 9.75. The molecular weight excluding hydrogens is 258 g/mol. The molecular formula is C14H23N3OS. The molecule has 0 radical (unpaired) electrons. The highest BCUT2D eigenvalue weighted by molar-refractivity contribution is 8.13. The molecule has 3 aliphatic rings. The van der Waals surface area contributed by atoms with Gasteiger partial charge in [0, 0.05) is 25.9 Å². The fourth-order valence-corrected chi connectivity index (χ4v) is 4.55. The Kier molecular flexibility index (Phi) is 3.74. The van der Waals surface area contributed by atoms with Crippen molar-refractivity contribution in [2.45, 2.75) is 44.6 Å². The molecule has 1 amide bonds. The number of hydrogen-bond acceptors (Lipinski definition) is 4. The van der Waals surface area contributed by atoms with E-state index in [4.69, 9.17) is 4.99 Å². The summed E-state index contributed by atoms with van der Waals surface area (Å²) in [5.74, 6) is 1.39. The first-order chi connectivity index (χ1) is 9.19. The van der Waals surface area contributed by atoms with Gasteiger partial charge in [0.2, 0.25) is 5.91 Å². The van der Waals surface area contributed by atoms with Crippen LogP contribution in [0.2, 0.25) is 0 Å². The molecule has 1 N–H and O–H groups in total. The summed E-state index contributed by atoms with van der Waals surface area (Å²) in [4.78, 5) is 18.4. The maximum Gasteiger partial charge on any atom is 0.244 e. The lowest BCUT2D eigenvalue weighted by Crippen LogP contribution is -2.43. The van der Waals surface area contributed by atoms with Gasteiger partial charge in [-0.3, -0.25) is 9.79 Å². The molecule has 1 spiro atoms. The van der Waals surface area contributed by atoms with Crippen LogP contribution in [0.15, 0.2) is 4.99 Å². The van der Waals surface area contributed by atoms with Gasteiger partial charge in [-0.05, 0) is 24.7 Å². The van der Waals surface area contributed by atoms with Crippen LogP contribution in [0.3, 0.4) is 0 Å². The fourth-order valence-electron chi connectivity index (χ4n) is 3.35. The number of aliphatic imine (C=N–C) groups is 1. The van der Waals surface area contributed by atoms with Gasteiger partial charge < -0.3 is 10.2 Å². The number of nitrogens with zero attached hydrogens (tertiary/aromatic N) is 2. The van der Waals surface area contributed by atoms with Gasteiger partial charge in [-0.1, -0.05) is 31.0 Å². The van der Waals surface area contributed by atoms with Crippen LogP contribution in [-0.4, -0.2) is 47.9 Å². The molecule has 2 fully saturated rings. The molecule has 2 aliphatic heterocycles. The molecule has 5 heteroatoms. The summed E-state index contributed by atoms with van der Waals surface area (Å²) < 4.78 is 0. The van der Waals surface area contributed by atoms with E-state index < -0.39 is 0 Å². The van der Waals surface area contributed by atoms with E-state index in [2.05, 4.69) is 5.32 Å². The number of carbonyl (C=O) groups excluding carboxylic acids is 1. The number of likely N-dealkylation sites (tertiary alicyclic amines) is 1. The third-order valence-corrected chi connectivity index (χ3v) is 5.99. The average Bonchev–Trinajstić information content (AvgIpc) is 2.75. The predicted octanol–water partition coefficient (Wildman–Crippen LogP) is 1.86. The summed E-state index contributed by atoms with van der Waals surface area (Å²) >= 11 is 1.83. The zero-order valence-corrected chi connectivity index (χ0v) is 12.5. The second-order valence-corrected chi connectivity index (χ2v) is 7.18. The number of carbonyl (C=O) groups is 1. The van der Waals surface area contributed by atoms with Crippen LogP contribution in [-0.2, 0) is 4.79 Å². The molecule has 0 bridgehead atoms. The number of hydrogen-bond donors (Lipinski definition) is 1. The zero-order chi connectivity index (χ0) is 13.3. The lowest BCUT2D eigenvalue weighted by molar-refractivity contribution is -0.127. The van der Waals surface area contributed by atoms with Gasteiger partial charge in [-0.2, -0.15) is 0 Å². The Balaban J connectivity index is 1.57. The largest absolute Gasteiger partial charge is 0.353 e. The van der Waals surface area contributed by atoms with Crippen LogP contribution < -0.4 is 5.32 Å². The SMILES string of the molecule is CN1CCC(NC2=NCC3(CCCCC3)CS2)C1=O. The molecule has 2 heterocycles. The molecule has 0 aromatic rings. The van der Waals surface area contributed by atoms with Crippen molar-refractivity contribution >= 4 is 22.8 Å². The minimum Gasteiger partial charge on any atom is -0.353 e. The number of likely N-dealkylation sites (N-methyl/N-ethyl adjacent to an activating group) is 1. The standard InChI is InChI=1S/C14H23N3OS/c1-17-8-5-11(12(17)18)16-13-15-9-14(10-19-13)6-3-2-4-7-14/h11H,2-10H2,1H3,(H,15,16). The van der Waals surface area contributed by atoms with E-state index in [1.54, 1.807) is 4.90 Å². The van der Waals surface area contributed by atoms with Gasteiger partial charge in [0.1, 0.15) is 6.04 Å². The topological polar surface area (TPSA) is 44.7 Å². The molecule has 3 rings (SSSR count). The van der Waals surface area contributed by atoms with Gasteiger partial charge >= 0.3 is 0 Å². The fraction of sp³-hybridized carbons (Fsp3) is 0.857. The zero-order valence-electron chi connectivity index (χ0n) is 11.7. The summed E-state index contributed by atoms with van der Waals surface area (Å²) in [5, 5.41) is 4.33. The van der Waals surface area contributed by atoms with Gasteiger partial charge in [-0.25, -0.2) is 0 Å². The first-order valence-corrected chi connectivity index (χ1v) is 8.36. The molecule has 1 saturated carbocycles. The predicted molar refractivity (Wildman–Crippen MR) is 79.5 cm³/mol. The lowest BCUT2D eigenvalue weighted by Gasteiger charge is -2.38. The Morgan fingerprint density at radius 1 is 1.37 bits per heavy atom. The smallest absolute Gasteiger partial charge is 0.244 e. The van der Waals surface area contributed by atoms with Crippen LogP contribution in [0.5, 0.6) is 0 Å². The maximum absolute atomic E-state index is 11.9. The van der Waals surface area contributed by atoms with Crippen LogP contribution in [0.25, 0.3) is 0 Å². The van der Waals surface area contributed by atoms with E-state index in [9.17, 15) is 4.79 Å². The van der Waals surface area contributed by atoms with E-state index in [1.165, 1.54) is 37.9 Å². The highest BCUT2D eigenvalue weighted by atomic mass is 32.2. The molecule has 106 valence electrons. The van der Waals surface area contributed by atoms with E-state index in [-0.39, 0.29) is 11.9 Å². The van der Waals surface area contributed by atoms with Crippen LogP contribution in [0.4, 0.5) is 0 Å². The Labute approximate surface area is 119 Å². The number of rotatable bonds is 1. The molecule has 0 aromatic carbocycles. The Morgan fingerprint density at radius 2 is 2.16 bits per heavy atom. The maximum atomic E-state index is 11.9. The van der Waals surface area contributed by atoms with Crippen molar-refractivity contribution in [3.63, 3.8) is 0 Å². The first kappa shape index (κ1) is 13.3. The highest BCUT2D eigenvalue weighted by Crippen LogP contribution is 2.41. The molecule has 4 nitrogen and oxygen atoms in total. The van der Waals surface area contributed by atoms with E-state index in [1.807, 2.05) is 18.8 Å². The summed E-state index contributed by atoms with van der Waals surface area (Å²) in [7, 11) is 1.87. The van der Waals surface area contributed by atoms with E-state index >= 15 is 0 Å². The molecule has 1 unspecified atom stereocenters. The molecule has 0 aromatic heterocycles. The normalized spacial score (nSPS) is 30.6. The van der Waals surface area contributed by atoms with Crippen molar-refractivity contribution < 1.29 is 4.79 Å². The Morgan fingerprint density at radius 3 is 2.74 bits per heavy atom. The number of nitrogens with one attached hydrogen (secondary N) is 1. The summed E-state index contributed by atoms with van der Waals surface area (Å²) in [6, 6.07) is -0.0448. The minimum absolute atomic E-state index is 0.0448. The second-order valence-electron chi connectivity index (χ2n) is 6.22. The van der Waals surface area contributed by atoms with Crippen molar-refractivity contribution in [3.8, 4) is 0 Å². The van der Waals surface area contributed by atoms with Crippen molar-refractivity contribution in [1.82, 2.24) is 10.2 Å². The summed E-state index contributed by atoms with van der Waals surface area (Å²) in [5.41, 5.74) is 0.463. The van der Waals surface area contributed by atoms with Gasteiger partial charge in [0.15, 0.2) is 5.17 Å². The molecule has 1 aliphatic carbocycles. The van der Waals surface area contributed by atoms with Gasteiger partial charge in [-0.15, -0.1) is 0 Å². The highest BCUT2D eigenvalue weighted by Gasteiger charge is 2.36. The van der Waals surface area contributed by atoms with Gasteiger partial charge in [0.25, 0.3) is 0 Å². The third kappa shape index (κ3) is 2.76. The molecule has 1 atom stereocenters. The van der Waals surface area contributed by atoms with Crippen LogP contribution in [0, 0.1) is 5.41 Å². The van der Waals surface area contributed by atoms with Crippen LogP contribution >= 0.6 is 11.8 Å². The van der Waals surface area contributed by atoms with E-state index in [0.717, 1.165) is 24.7 Å². The number of amides is 1. The molecule has 1 saturated heterocycles. The van der Waals surface area contributed by atoms with Crippen molar-refractivity contribution in [1.29, 1.82) is 0 Å². The second kappa shape index (κ2) is 5.35. The van der Waals surface area contributed by atoms with Crippen molar-refractivity contribution in [2.24, 2.45) is 10.4 Å². The van der Waals surface area contributed by atoms with E-state index in [0.29, 0.717) is 5.41 Å². The quantitative estimate of drug-likeness (QED) is 0.798. The minimum atomic E-state index is -0.0448. The summed E-state index contributed by atoms with van der Waals surface area (Å²) in [6.07, 6.45) is 7.70. The Hall–Kier alpha value is -0.710. The molecule has 19 heavy (non-hydrogen) atoms. The number of amidine groups is 1. The summed E-state index contributed by atoms with van der Waals surface area (Å²) in [6.45, 7) is 1.82. The average molecular weight is 281 g/mol. The number of thioether (sulfide) groups is 1. The Bertz CT molecular complexity index is 390. The van der Waals surface area contributed by atoms with Crippen molar-refractivity contribution in [2.75, 3.05) is 25.9 Å². The monoisotopic (exact) mass is 281 g/mol. The van der Waals surface area contributed by atoms with Crippen LogP contribution in [0.1, 0.15) is 38.5 Å².